The molecular weight excluding hydrogens is 730 g/mol. The number of benzene rings is 2. The Hall–Kier alpha value is -4.88. The minimum atomic E-state index is -4.80. The van der Waals surface area contributed by atoms with Crippen LogP contribution in [0.5, 0.6) is 0 Å². The lowest BCUT2D eigenvalue weighted by Crippen LogP contribution is -2.49. The van der Waals surface area contributed by atoms with Crippen molar-refractivity contribution in [3.63, 3.8) is 0 Å². The summed E-state index contributed by atoms with van der Waals surface area (Å²) in [5.41, 5.74) is -8.72. The molecule has 4 bridgehead atoms. The zero-order chi connectivity index (χ0) is 39.9. The fourth-order valence-electron chi connectivity index (χ4n) is 9.53. The standard InChI is InChI=1S/2C18H15F3N2O4/c2*1-16-7-11(24)17(2,27-16)13-12(16)14(25)23(15(13)26)8-4-5-10(22-3)9(6-8)18(19,20)21/h2*4-6,11-13,24H,7H2,1-2H3/t11-,12+,13-,16?,17?;11-,12-,13+,16?,17?/m01/s1. The molecule has 8 rings (SSSR count). The lowest BCUT2D eigenvalue weighted by atomic mass is 9.67. The maximum atomic E-state index is 13.2. The van der Waals surface area contributed by atoms with Gasteiger partial charge in [0, 0.05) is 24.2 Å². The van der Waals surface area contributed by atoms with Gasteiger partial charge in [-0.05, 0) is 52.0 Å². The number of ether oxygens (including phenoxy) is 2. The molecule has 54 heavy (non-hydrogen) atoms. The number of amides is 4. The predicted molar refractivity (Wildman–Crippen MR) is 171 cm³/mol. The highest BCUT2D eigenvalue weighted by Crippen LogP contribution is 2.62. The highest BCUT2D eigenvalue weighted by Gasteiger charge is 2.77. The summed E-state index contributed by atoms with van der Waals surface area (Å²) < 4.78 is 91.2. The molecule has 10 atom stereocenters. The van der Waals surface area contributed by atoms with Crippen LogP contribution >= 0.6 is 0 Å². The number of rotatable bonds is 2. The number of carbonyl (C=O) groups excluding carboxylic acids is 4. The molecule has 2 N–H and O–H groups in total. The molecule has 0 aromatic heterocycles. The van der Waals surface area contributed by atoms with Crippen LogP contribution in [0.4, 0.5) is 49.1 Å². The van der Waals surface area contributed by atoms with Crippen molar-refractivity contribution in [3.05, 3.63) is 70.4 Å². The number of hydrogen-bond donors (Lipinski definition) is 2. The van der Waals surface area contributed by atoms with E-state index in [2.05, 4.69) is 9.69 Å². The molecule has 0 aliphatic carbocycles. The van der Waals surface area contributed by atoms with Gasteiger partial charge in [-0.2, -0.15) is 26.3 Å². The number of imide groups is 2. The average molecular weight is 761 g/mol. The van der Waals surface area contributed by atoms with Crippen molar-refractivity contribution in [1.82, 2.24) is 0 Å². The molecule has 6 aliphatic rings. The van der Waals surface area contributed by atoms with E-state index in [0.29, 0.717) is 12.1 Å². The summed E-state index contributed by atoms with van der Waals surface area (Å²) >= 11 is 0. The lowest BCUT2D eigenvalue weighted by molar-refractivity contribution is -0.137. The number of fused-ring (bicyclic) bond motifs is 10. The molecule has 6 heterocycles. The van der Waals surface area contributed by atoms with Crippen LogP contribution in [0.1, 0.15) is 51.7 Å². The van der Waals surface area contributed by atoms with Crippen molar-refractivity contribution in [3.8, 4) is 0 Å². The van der Waals surface area contributed by atoms with E-state index in [-0.39, 0.29) is 24.2 Å². The van der Waals surface area contributed by atoms with Gasteiger partial charge in [-0.3, -0.25) is 19.2 Å². The first-order valence-corrected chi connectivity index (χ1v) is 16.6. The smallest absolute Gasteiger partial charge is 0.390 e. The van der Waals surface area contributed by atoms with E-state index in [1.54, 1.807) is 27.7 Å². The minimum absolute atomic E-state index is 0.169. The first-order chi connectivity index (χ1) is 24.9. The Balaban J connectivity index is 0.000000167. The first-order valence-electron chi connectivity index (χ1n) is 16.6. The molecule has 0 saturated carbocycles. The third kappa shape index (κ3) is 4.89. The van der Waals surface area contributed by atoms with Crippen molar-refractivity contribution in [2.24, 2.45) is 23.7 Å². The van der Waals surface area contributed by atoms with Crippen LogP contribution in [0.2, 0.25) is 0 Å². The van der Waals surface area contributed by atoms with Gasteiger partial charge in [-0.25, -0.2) is 19.5 Å². The van der Waals surface area contributed by atoms with Gasteiger partial charge in [0.1, 0.15) is 11.2 Å². The van der Waals surface area contributed by atoms with Crippen molar-refractivity contribution in [2.45, 2.75) is 87.5 Å². The van der Waals surface area contributed by atoms with Gasteiger partial charge in [-0.15, -0.1) is 0 Å². The number of halogens is 6. The van der Waals surface area contributed by atoms with Gasteiger partial charge in [0.25, 0.3) is 0 Å². The van der Waals surface area contributed by atoms with Crippen molar-refractivity contribution in [1.29, 1.82) is 0 Å². The van der Waals surface area contributed by atoms with Crippen LogP contribution < -0.4 is 9.80 Å². The number of nitrogens with zero attached hydrogens (tertiary/aromatic N) is 4. The van der Waals surface area contributed by atoms with E-state index >= 15 is 0 Å². The number of alkyl halides is 6. The Bertz CT molecular complexity index is 2000. The molecule has 6 aliphatic heterocycles. The zero-order valence-corrected chi connectivity index (χ0v) is 28.7. The Kier molecular flexibility index (Phi) is 7.85. The maximum absolute atomic E-state index is 13.2. The summed E-state index contributed by atoms with van der Waals surface area (Å²) in [6.07, 6.45) is -11.2. The highest BCUT2D eigenvalue weighted by molar-refractivity contribution is 6.24. The summed E-state index contributed by atoms with van der Waals surface area (Å²) in [6, 6.07) is 5.50. The van der Waals surface area contributed by atoms with Gasteiger partial charge < -0.3 is 19.7 Å². The Morgan fingerprint density at radius 2 is 0.944 bits per heavy atom. The summed E-state index contributed by atoms with van der Waals surface area (Å²) in [4.78, 5) is 59.0. The number of aliphatic hydroxyl groups excluding tert-OH is 2. The molecule has 18 heteroatoms. The molecule has 2 aromatic rings. The third-order valence-corrected chi connectivity index (χ3v) is 11.9. The van der Waals surface area contributed by atoms with E-state index in [4.69, 9.17) is 22.6 Å². The summed E-state index contributed by atoms with van der Waals surface area (Å²) in [5.74, 6) is -6.35. The SMILES string of the molecule is [C-]#[N+]c1ccc(N2C(=O)[C@@H]3[C@H](C2=O)C2(C)C[C@@H](O)C3(C)O2)cc1C(F)(F)F.[C-]#[N+]c1ccc(N2C(=O)[C@@H]3[C@H](C2=O)C2(C)C[C@H](O)C3(C)O2)cc1C(F)(F)F. The quantitative estimate of drug-likeness (QED) is 0.237. The second kappa shape index (κ2) is 11.3. The normalized spacial score (nSPS) is 37.7. The molecule has 6 saturated heterocycles. The van der Waals surface area contributed by atoms with Crippen LogP contribution in [0.25, 0.3) is 9.69 Å². The molecule has 2 aromatic carbocycles. The predicted octanol–water partition coefficient (Wildman–Crippen LogP) is 5.35. The fourth-order valence-corrected chi connectivity index (χ4v) is 9.53. The van der Waals surface area contributed by atoms with Crippen molar-refractivity contribution >= 4 is 46.4 Å². The molecule has 4 unspecified atom stereocenters. The van der Waals surface area contributed by atoms with Gasteiger partial charge in [-0.1, -0.05) is 12.1 Å². The Labute approximate surface area is 302 Å². The summed E-state index contributed by atoms with van der Waals surface area (Å²) in [5, 5.41) is 20.6. The van der Waals surface area contributed by atoms with Crippen LogP contribution in [-0.4, -0.2) is 68.5 Å². The zero-order valence-electron chi connectivity index (χ0n) is 28.7. The van der Waals surface area contributed by atoms with Crippen molar-refractivity contribution in [2.75, 3.05) is 9.80 Å². The number of carbonyl (C=O) groups is 4. The summed E-state index contributed by atoms with van der Waals surface area (Å²) in [7, 11) is 0. The van der Waals surface area contributed by atoms with Gasteiger partial charge in [0.2, 0.25) is 23.6 Å². The van der Waals surface area contributed by atoms with E-state index in [1.807, 2.05) is 0 Å². The molecule has 0 spiro atoms. The maximum Gasteiger partial charge on any atom is 0.407 e. The molecule has 12 nitrogen and oxygen atoms in total. The minimum Gasteiger partial charge on any atom is -0.390 e. The van der Waals surface area contributed by atoms with Gasteiger partial charge in [0.15, 0.2) is 11.4 Å². The second-order valence-corrected chi connectivity index (χ2v) is 15.2. The number of aliphatic hydroxyl groups is 2. The van der Waals surface area contributed by atoms with Crippen LogP contribution in [0, 0.1) is 36.8 Å². The number of hydrogen-bond acceptors (Lipinski definition) is 8. The largest absolute Gasteiger partial charge is 0.407 e. The Morgan fingerprint density at radius 3 is 1.24 bits per heavy atom. The average Bonchev–Trinajstić information content (AvgIpc) is 3.80. The third-order valence-electron chi connectivity index (χ3n) is 11.9. The molecule has 284 valence electrons. The van der Waals surface area contributed by atoms with E-state index in [1.165, 1.54) is 0 Å². The molecule has 0 radical (unpaired) electrons. The first kappa shape index (κ1) is 37.4. The van der Waals surface area contributed by atoms with Crippen LogP contribution in [0.15, 0.2) is 36.4 Å². The fraction of sp³-hybridized carbons (Fsp3) is 0.500. The van der Waals surface area contributed by atoms with Crippen LogP contribution in [-0.2, 0) is 41.0 Å². The molecular formula is C36H30F6N4O8. The van der Waals surface area contributed by atoms with Crippen molar-refractivity contribution < 1.29 is 65.2 Å². The summed E-state index contributed by atoms with van der Waals surface area (Å²) in [6.45, 7) is 20.1. The van der Waals surface area contributed by atoms with E-state index < -0.39 is 117 Å². The van der Waals surface area contributed by atoms with Crippen LogP contribution in [0.3, 0.4) is 0 Å². The lowest BCUT2D eigenvalue weighted by Gasteiger charge is -2.31. The topological polar surface area (TPSA) is 142 Å². The molecule has 6 fully saturated rings. The molecule has 4 amide bonds. The monoisotopic (exact) mass is 760 g/mol. The highest BCUT2D eigenvalue weighted by atomic mass is 19.4. The van der Waals surface area contributed by atoms with Gasteiger partial charge >= 0.3 is 12.4 Å². The Morgan fingerprint density at radius 1 is 0.630 bits per heavy atom. The second-order valence-electron chi connectivity index (χ2n) is 15.2. The number of anilines is 2. The van der Waals surface area contributed by atoms with E-state index in [0.717, 1.165) is 34.1 Å². The van der Waals surface area contributed by atoms with E-state index in [9.17, 15) is 55.7 Å². The van der Waals surface area contributed by atoms with Gasteiger partial charge in [0.05, 0.1) is 71.4 Å².